The van der Waals surface area contributed by atoms with Crippen LogP contribution in [0.3, 0.4) is 0 Å². The van der Waals surface area contributed by atoms with E-state index < -0.39 is 10.0 Å². The van der Waals surface area contributed by atoms with Gasteiger partial charge in [-0.15, -0.1) is 0 Å². The summed E-state index contributed by atoms with van der Waals surface area (Å²) in [5.41, 5.74) is 0. The highest BCUT2D eigenvalue weighted by Crippen LogP contribution is 2.13. The minimum Gasteiger partial charge on any atom is -0.342 e. The van der Waals surface area contributed by atoms with E-state index in [0.29, 0.717) is 23.4 Å². The summed E-state index contributed by atoms with van der Waals surface area (Å²) in [7, 11) is -3.74. The van der Waals surface area contributed by atoms with Crippen molar-refractivity contribution in [2.75, 3.05) is 18.4 Å². The first kappa shape index (κ1) is 16.3. The normalized spacial score (nSPS) is 11.1. The fraction of sp³-hybridized carbons (Fsp3) is 0.364. The fourth-order valence-electron chi connectivity index (χ4n) is 1.39. The van der Waals surface area contributed by atoms with Gasteiger partial charge in [0.1, 0.15) is 0 Å². The van der Waals surface area contributed by atoms with Crippen molar-refractivity contribution >= 4 is 43.5 Å². The van der Waals surface area contributed by atoms with Crippen LogP contribution in [0.5, 0.6) is 0 Å². The highest BCUT2D eigenvalue weighted by atomic mass is 79.9. The molecule has 2 N–H and O–H groups in total. The molecule has 0 aliphatic carbocycles. The van der Waals surface area contributed by atoms with Gasteiger partial charge in [-0.25, -0.2) is 13.1 Å². The number of alkyl halides is 1. The van der Waals surface area contributed by atoms with Crippen LogP contribution in [0.25, 0.3) is 0 Å². The van der Waals surface area contributed by atoms with Crippen molar-refractivity contribution in [1.82, 2.24) is 9.62 Å². The van der Waals surface area contributed by atoms with Crippen molar-refractivity contribution in [2.45, 2.75) is 11.8 Å². The molecule has 1 aromatic rings. The summed E-state index contributed by atoms with van der Waals surface area (Å²) in [5, 5.41) is 8.91. The second-order valence-corrected chi connectivity index (χ2v) is 6.59. The number of nitrogens with one attached hydrogen (secondary N) is 2. The zero-order chi connectivity index (χ0) is 14.5. The Balaban J connectivity index is 2.85. The third-order valence-corrected chi connectivity index (χ3v) is 4.37. The highest BCUT2D eigenvalue weighted by Gasteiger charge is 2.18. The molecule has 0 amide bonds. The Kier molecular flexibility index (Phi) is 6.09. The van der Waals surface area contributed by atoms with Gasteiger partial charge >= 0.3 is 0 Å². The maximum Gasteiger partial charge on any atom is 0.264 e. The topological polar surface area (TPSA) is 73.3 Å². The number of rotatable bonds is 5. The average molecular weight is 369 g/mol. The van der Waals surface area contributed by atoms with Gasteiger partial charge < -0.3 is 4.90 Å². The molecule has 0 heterocycles. The van der Waals surface area contributed by atoms with Crippen molar-refractivity contribution in [3.8, 4) is 0 Å². The highest BCUT2D eigenvalue weighted by molar-refractivity contribution is 9.09. The van der Waals surface area contributed by atoms with Crippen molar-refractivity contribution in [1.29, 1.82) is 5.41 Å². The molecule has 1 rings (SSSR count). The standard InChI is InChI=1S/C11H15BrClN3O2S/c1-2-16(8-7-12)11(14)15-19(17,18)10-5-3-9(13)4-6-10/h3-6H,2,7-8H2,1H3,(H2,14,15). The number of sulfonamides is 1. The molecule has 106 valence electrons. The van der Waals surface area contributed by atoms with E-state index in [1.54, 1.807) is 4.90 Å². The molecule has 0 saturated heterocycles. The lowest BCUT2D eigenvalue weighted by atomic mass is 10.4. The number of halogens is 2. The molecule has 0 bridgehead atoms. The molecule has 5 nitrogen and oxygen atoms in total. The van der Waals surface area contributed by atoms with E-state index in [1.807, 2.05) is 6.92 Å². The molecule has 0 radical (unpaired) electrons. The molecule has 0 atom stereocenters. The Labute approximate surface area is 126 Å². The van der Waals surface area contributed by atoms with Crippen LogP contribution in [0.15, 0.2) is 29.2 Å². The number of benzene rings is 1. The van der Waals surface area contributed by atoms with Crippen LogP contribution in [0.2, 0.25) is 5.02 Å². The van der Waals surface area contributed by atoms with Crippen LogP contribution in [-0.2, 0) is 10.0 Å². The molecule has 0 saturated carbocycles. The van der Waals surface area contributed by atoms with E-state index in [0.717, 1.165) is 0 Å². The average Bonchev–Trinajstić information content (AvgIpc) is 2.35. The second-order valence-electron chi connectivity index (χ2n) is 3.68. The Morgan fingerprint density at radius 2 is 2.00 bits per heavy atom. The largest absolute Gasteiger partial charge is 0.342 e. The lowest BCUT2D eigenvalue weighted by molar-refractivity contribution is 0.455. The van der Waals surface area contributed by atoms with Gasteiger partial charge in [0.25, 0.3) is 10.0 Å². The van der Waals surface area contributed by atoms with E-state index in [-0.39, 0.29) is 10.9 Å². The van der Waals surface area contributed by atoms with Gasteiger partial charge in [0.2, 0.25) is 5.96 Å². The van der Waals surface area contributed by atoms with Gasteiger partial charge in [-0.05, 0) is 31.2 Å². The minimum absolute atomic E-state index is 0.0801. The number of hydrogen-bond donors (Lipinski definition) is 2. The first-order chi connectivity index (χ1) is 8.90. The maximum absolute atomic E-state index is 12.0. The third kappa shape index (κ3) is 4.67. The van der Waals surface area contributed by atoms with Gasteiger partial charge in [-0.1, -0.05) is 27.5 Å². The second kappa shape index (κ2) is 7.12. The first-order valence-electron chi connectivity index (χ1n) is 5.58. The molecule has 0 unspecified atom stereocenters. The number of guanidine groups is 1. The maximum atomic E-state index is 12.0. The van der Waals surface area contributed by atoms with E-state index in [4.69, 9.17) is 17.0 Å². The zero-order valence-corrected chi connectivity index (χ0v) is 13.5. The lowest BCUT2D eigenvalue weighted by Gasteiger charge is -2.22. The van der Waals surface area contributed by atoms with Gasteiger partial charge in [-0.2, -0.15) is 0 Å². The Morgan fingerprint density at radius 1 is 1.42 bits per heavy atom. The number of nitrogens with zero attached hydrogens (tertiary/aromatic N) is 1. The SMILES string of the molecule is CCN(CCBr)C(=N)NS(=O)(=O)c1ccc(Cl)cc1. The summed E-state index contributed by atoms with van der Waals surface area (Å²) >= 11 is 8.97. The van der Waals surface area contributed by atoms with Crippen LogP contribution < -0.4 is 4.72 Å². The zero-order valence-electron chi connectivity index (χ0n) is 10.4. The van der Waals surface area contributed by atoms with Gasteiger partial charge in [0.05, 0.1) is 4.90 Å². The summed E-state index contributed by atoms with van der Waals surface area (Å²) in [6, 6.07) is 5.79. The summed E-state index contributed by atoms with van der Waals surface area (Å²) in [6.07, 6.45) is 0. The molecule has 0 aromatic heterocycles. The first-order valence-corrected chi connectivity index (χ1v) is 8.56. The van der Waals surface area contributed by atoms with E-state index in [9.17, 15) is 8.42 Å². The summed E-state index contributed by atoms with van der Waals surface area (Å²) < 4.78 is 26.3. The quantitative estimate of drug-likeness (QED) is 0.476. The van der Waals surface area contributed by atoms with Gasteiger partial charge in [0, 0.05) is 23.4 Å². The van der Waals surface area contributed by atoms with E-state index >= 15 is 0 Å². The smallest absolute Gasteiger partial charge is 0.264 e. The van der Waals surface area contributed by atoms with Crippen molar-refractivity contribution < 1.29 is 8.42 Å². The molecule has 0 aliphatic heterocycles. The predicted octanol–water partition coefficient (Wildman–Crippen LogP) is 2.27. The summed E-state index contributed by atoms with van der Waals surface area (Å²) in [4.78, 5) is 1.69. The fourth-order valence-corrected chi connectivity index (χ4v) is 2.94. The van der Waals surface area contributed by atoms with Crippen LogP contribution in [0.1, 0.15) is 6.92 Å². The van der Waals surface area contributed by atoms with Crippen molar-refractivity contribution in [2.24, 2.45) is 0 Å². The van der Waals surface area contributed by atoms with Crippen LogP contribution in [0.4, 0.5) is 0 Å². The Hall–Kier alpha value is -0.790. The minimum atomic E-state index is -3.74. The van der Waals surface area contributed by atoms with Crippen molar-refractivity contribution in [3.63, 3.8) is 0 Å². The van der Waals surface area contributed by atoms with Gasteiger partial charge in [0.15, 0.2) is 0 Å². The summed E-state index contributed by atoms with van der Waals surface area (Å²) in [6.45, 7) is 2.96. The molecular weight excluding hydrogens is 354 g/mol. The Bertz CT molecular complexity index is 533. The lowest BCUT2D eigenvalue weighted by Crippen LogP contribution is -2.44. The molecule has 19 heavy (non-hydrogen) atoms. The van der Waals surface area contributed by atoms with E-state index in [1.165, 1.54) is 24.3 Å². The van der Waals surface area contributed by atoms with Crippen LogP contribution in [0, 0.1) is 5.41 Å². The molecule has 0 spiro atoms. The van der Waals surface area contributed by atoms with E-state index in [2.05, 4.69) is 20.7 Å². The summed E-state index contributed by atoms with van der Waals surface area (Å²) in [5.74, 6) is -0.142. The molecule has 8 heteroatoms. The molecule has 0 aliphatic rings. The van der Waals surface area contributed by atoms with Crippen LogP contribution >= 0.6 is 27.5 Å². The predicted molar refractivity (Wildman–Crippen MR) is 80.5 cm³/mol. The molecular formula is C11H15BrClN3O2S. The van der Waals surface area contributed by atoms with Crippen LogP contribution in [-0.4, -0.2) is 37.7 Å². The molecule has 0 fully saturated rings. The number of hydrogen-bond acceptors (Lipinski definition) is 3. The molecule has 1 aromatic carbocycles. The Morgan fingerprint density at radius 3 is 2.47 bits per heavy atom. The monoisotopic (exact) mass is 367 g/mol. The third-order valence-electron chi connectivity index (χ3n) is 2.41. The van der Waals surface area contributed by atoms with Crippen molar-refractivity contribution in [3.05, 3.63) is 29.3 Å². The van der Waals surface area contributed by atoms with Gasteiger partial charge in [-0.3, -0.25) is 5.41 Å².